The maximum Gasteiger partial charge on any atom is 0.406 e. The molecule has 0 aromatic heterocycles. The van der Waals surface area contributed by atoms with Crippen molar-refractivity contribution in [2.24, 2.45) is 11.8 Å². The van der Waals surface area contributed by atoms with Crippen molar-refractivity contribution < 1.29 is 14.3 Å². The van der Waals surface area contributed by atoms with Gasteiger partial charge in [0.2, 0.25) is 5.91 Å². The number of rotatable bonds is 6. The first kappa shape index (κ1) is 20.7. The van der Waals surface area contributed by atoms with Gasteiger partial charge in [-0.3, -0.25) is 4.79 Å². The van der Waals surface area contributed by atoms with E-state index in [1.54, 1.807) is 0 Å². The average Bonchev–Trinajstić information content (AvgIpc) is 3.25. The van der Waals surface area contributed by atoms with Crippen LogP contribution in [0.15, 0.2) is 24.3 Å². The smallest absolute Gasteiger partial charge is 0.406 e. The Kier molecular flexibility index (Phi) is 5.74. The fraction of sp³-hybridized carbons (Fsp3) is 0.652. The van der Waals surface area contributed by atoms with Gasteiger partial charge in [0.25, 0.3) is 0 Å². The first-order valence-electron chi connectivity index (χ1n) is 10.4. The van der Waals surface area contributed by atoms with E-state index in [1.807, 2.05) is 4.90 Å². The molecule has 2 unspecified atom stereocenters. The zero-order valence-corrected chi connectivity index (χ0v) is 17.9. The van der Waals surface area contributed by atoms with E-state index in [0.29, 0.717) is 12.5 Å². The molecular formula is C23H34N2O3. The molecule has 5 nitrogen and oxygen atoms in total. The molecule has 0 bridgehead atoms. The van der Waals surface area contributed by atoms with E-state index in [2.05, 4.69) is 62.0 Å². The second kappa shape index (κ2) is 7.76. The van der Waals surface area contributed by atoms with Crippen LogP contribution in [0.4, 0.5) is 4.79 Å². The number of nitrogens with zero attached hydrogens (tertiary/aromatic N) is 1. The van der Waals surface area contributed by atoms with Crippen molar-refractivity contribution in [1.82, 2.24) is 10.2 Å². The minimum Gasteiger partial charge on any atom is -0.453 e. The average molecular weight is 387 g/mol. The Morgan fingerprint density at radius 2 is 2.11 bits per heavy atom. The lowest BCUT2D eigenvalue weighted by atomic mass is 9.83. The molecule has 5 heteroatoms. The number of hydrogen-bond acceptors (Lipinski definition) is 3. The van der Waals surface area contributed by atoms with Gasteiger partial charge >= 0.3 is 6.09 Å². The summed E-state index contributed by atoms with van der Waals surface area (Å²) in [4.78, 5) is 26.6. The van der Waals surface area contributed by atoms with Crippen LogP contribution in [-0.2, 0) is 20.4 Å². The molecular weight excluding hydrogens is 352 g/mol. The second-order valence-electron chi connectivity index (χ2n) is 9.46. The molecule has 3 atom stereocenters. The summed E-state index contributed by atoms with van der Waals surface area (Å²) in [7, 11) is 1.34. The van der Waals surface area contributed by atoms with E-state index in [1.165, 1.54) is 24.7 Å². The number of fused-ring (bicyclic) bond motifs is 1. The van der Waals surface area contributed by atoms with Crippen LogP contribution in [0.5, 0.6) is 0 Å². The zero-order valence-electron chi connectivity index (χ0n) is 17.9. The maximum atomic E-state index is 13.1. The van der Waals surface area contributed by atoms with Crippen molar-refractivity contribution in [2.75, 3.05) is 26.7 Å². The number of nitrogens with one attached hydrogen (secondary N) is 1. The van der Waals surface area contributed by atoms with Gasteiger partial charge < -0.3 is 15.0 Å². The molecule has 0 spiro atoms. The molecule has 1 saturated heterocycles. The number of carbonyl (C=O) groups excluding carboxylic acids is 2. The molecule has 28 heavy (non-hydrogen) atoms. The van der Waals surface area contributed by atoms with Crippen molar-refractivity contribution in [1.29, 1.82) is 0 Å². The molecule has 2 aliphatic rings. The minimum atomic E-state index is -0.478. The Morgan fingerprint density at radius 1 is 1.36 bits per heavy atom. The summed E-state index contributed by atoms with van der Waals surface area (Å²) in [5.74, 6) is 0.541. The Balaban J connectivity index is 1.70. The van der Waals surface area contributed by atoms with Gasteiger partial charge in [-0.05, 0) is 35.3 Å². The molecule has 1 heterocycles. The van der Waals surface area contributed by atoms with Gasteiger partial charge in [0, 0.05) is 25.0 Å². The van der Waals surface area contributed by atoms with Crippen molar-refractivity contribution in [2.45, 2.75) is 57.8 Å². The Morgan fingerprint density at radius 3 is 2.75 bits per heavy atom. The van der Waals surface area contributed by atoms with Crippen LogP contribution in [0, 0.1) is 11.8 Å². The van der Waals surface area contributed by atoms with E-state index < -0.39 is 6.09 Å². The summed E-state index contributed by atoms with van der Waals surface area (Å²) in [5.41, 5.74) is 2.97. The number of carbonyl (C=O) groups is 2. The maximum absolute atomic E-state index is 13.1. The summed E-state index contributed by atoms with van der Waals surface area (Å²) in [6, 6.07) is 8.93. The predicted molar refractivity (Wildman–Crippen MR) is 110 cm³/mol. The third-order valence-corrected chi connectivity index (χ3v) is 6.43. The van der Waals surface area contributed by atoms with Crippen LogP contribution in [0.2, 0.25) is 0 Å². The van der Waals surface area contributed by atoms with Gasteiger partial charge in [0.15, 0.2) is 0 Å². The monoisotopic (exact) mass is 386 g/mol. The number of likely N-dealkylation sites (tertiary alicyclic amines) is 1. The SMILES string of the molecule is CCC[C@H](CNC(=O)OC)C(=O)N1CC2CC2(c2cccc(C(C)(C)C)c2)C1. The van der Waals surface area contributed by atoms with Crippen molar-refractivity contribution in [3.63, 3.8) is 0 Å². The number of piperidine rings is 1. The lowest BCUT2D eigenvalue weighted by Gasteiger charge is -2.27. The van der Waals surface area contributed by atoms with Gasteiger partial charge in [-0.15, -0.1) is 0 Å². The standard InChI is InChI=1S/C23H34N2O3/c1-6-8-16(13-24-21(27)28-5)20(26)25-14-19-12-23(19,15-25)18-10-7-9-17(11-18)22(2,3)4/h7,9-11,16,19H,6,8,12-15H2,1-5H3,(H,24,27)/t16-,19?,23?/m1/s1. The molecule has 154 valence electrons. The summed E-state index contributed by atoms with van der Waals surface area (Å²) in [6.45, 7) is 10.7. The van der Waals surface area contributed by atoms with Crippen LogP contribution in [0.3, 0.4) is 0 Å². The zero-order chi connectivity index (χ0) is 20.5. The highest BCUT2D eigenvalue weighted by atomic mass is 16.5. The Labute approximate surface area is 168 Å². The van der Waals surface area contributed by atoms with E-state index in [9.17, 15) is 9.59 Å². The molecule has 1 aliphatic carbocycles. The van der Waals surface area contributed by atoms with E-state index >= 15 is 0 Å². The van der Waals surface area contributed by atoms with Crippen LogP contribution in [0.1, 0.15) is 58.1 Å². The Bertz CT molecular complexity index is 740. The largest absolute Gasteiger partial charge is 0.453 e. The topological polar surface area (TPSA) is 58.6 Å². The van der Waals surface area contributed by atoms with Gasteiger partial charge in [-0.25, -0.2) is 4.79 Å². The highest BCUT2D eigenvalue weighted by Crippen LogP contribution is 2.59. The second-order valence-corrected chi connectivity index (χ2v) is 9.46. The van der Waals surface area contributed by atoms with E-state index in [-0.39, 0.29) is 22.7 Å². The number of methoxy groups -OCH3 is 1. The normalized spacial score (nSPS) is 24.5. The third kappa shape index (κ3) is 4.03. The minimum absolute atomic E-state index is 0.122. The van der Waals surface area contributed by atoms with E-state index in [0.717, 1.165) is 25.9 Å². The molecule has 1 aromatic rings. The number of hydrogen-bond donors (Lipinski definition) is 1. The summed E-state index contributed by atoms with van der Waals surface area (Å²) in [6.07, 6.45) is 2.38. The highest BCUT2D eigenvalue weighted by molar-refractivity contribution is 5.81. The summed E-state index contributed by atoms with van der Waals surface area (Å²) in [5, 5.41) is 2.70. The molecule has 1 N–H and O–H groups in total. The van der Waals surface area contributed by atoms with Crippen LogP contribution >= 0.6 is 0 Å². The van der Waals surface area contributed by atoms with Crippen LogP contribution < -0.4 is 5.32 Å². The number of alkyl carbamates (subject to hydrolysis) is 1. The number of amides is 2. The van der Waals surface area contributed by atoms with Gasteiger partial charge in [0.1, 0.15) is 0 Å². The first-order valence-corrected chi connectivity index (χ1v) is 10.4. The fourth-order valence-electron chi connectivity index (χ4n) is 4.59. The van der Waals surface area contributed by atoms with Crippen molar-refractivity contribution in [3.05, 3.63) is 35.4 Å². The van der Waals surface area contributed by atoms with Crippen molar-refractivity contribution >= 4 is 12.0 Å². The highest BCUT2D eigenvalue weighted by Gasteiger charge is 2.61. The fourth-order valence-corrected chi connectivity index (χ4v) is 4.59. The quantitative estimate of drug-likeness (QED) is 0.808. The predicted octanol–water partition coefficient (Wildman–Crippen LogP) is 3.86. The van der Waals surface area contributed by atoms with Gasteiger partial charge in [-0.2, -0.15) is 0 Å². The third-order valence-electron chi connectivity index (χ3n) is 6.43. The summed E-state index contributed by atoms with van der Waals surface area (Å²) >= 11 is 0. The van der Waals surface area contributed by atoms with Gasteiger partial charge in [-0.1, -0.05) is 58.4 Å². The molecule has 2 fully saturated rings. The lowest BCUT2D eigenvalue weighted by molar-refractivity contribution is -0.135. The molecule has 0 radical (unpaired) electrons. The molecule has 2 amide bonds. The number of ether oxygens (including phenoxy) is 1. The molecule has 1 aliphatic heterocycles. The molecule has 1 saturated carbocycles. The molecule has 1 aromatic carbocycles. The van der Waals surface area contributed by atoms with Gasteiger partial charge in [0.05, 0.1) is 13.0 Å². The van der Waals surface area contributed by atoms with E-state index in [4.69, 9.17) is 0 Å². The summed E-state index contributed by atoms with van der Waals surface area (Å²) < 4.78 is 4.65. The lowest BCUT2D eigenvalue weighted by Crippen LogP contribution is -2.42. The number of benzene rings is 1. The van der Waals surface area contributed by atoms with Crippen LogP contribution in [0.25, 0.3) is 0 Å². The van der Waals surface area contributed by atoms with Crippen molar-refractivity contribution in [3.8, 4) is 0 Å². The molecule has 3 rings (SSSR count). The Hall–Kier alpha value is -2.04. The van der Waals surface area contributed by atoms with Crippen LogP contribution in [-0.4, -0.2) is 43.6 Å². The first-order chi connectivity index (χ1) is 13.2.